The van der Waals surface area contributed by atoms with Gasteiger partial charge in [-0.2, -0.15) is 0 Å². The molecule has 1 N–H and O–H groups in total. The molecule has 4 atom stereocenters. The first-order chi connectivity index (χ1) is 14.0. The summed E-state index contributed by atoms with van der Waals surface area (Å²) in [6.07, 6.45) is 8.23. The van der Waals surface area contributed by atoms with E-state index in [-0.39, 0.29) is 11.9 Å². The molecule has 0 aromatic carbocycles. The zero-order chi connectivity index (χ0) is 20.4. The van der Waals surface area contributed by atoms with Crippen LogP contribution in [-0.4, -0.2) is 60.8 Å². The van der Waals surface area contributed by atoms with Gasteiger partial charge in [0.25, 0.3) is 5.91 Å². The maximum absolute atomic E-state index is 13.0. The third-order valence-electron chi connectivity index (χ3n) is 6.58. The molecule has 0 radical (unpaired) electrons. The van der Waals surface area contributed by atoms with Gasteiger partial charge in [-0.15, -0.1) is 0 Å². The van der Waals surface area contributed by atoms with Crippen molar-refractivity contribution in [2.75, 3.05) is 26.7 Å². The number of nitrogens with zero attached hydrogens (tertiary/aromatic N) is 2. The molecule has 6 heteroatoms. The first-order valence-corrected chi connectivity index (χ1v) is 11.3. The topological polar surface area (TPSA) is 63.7 Å². The van der Waals surface area contributed by atoms with Crippen LogP contribution in [0.5, 0.6) is 5.88 Å². The van der Waals surface area contributed by atoms with Gasteiger partial charge in [-0.05, 0) is 69.9 Å². The van der Waals surface area contributed by atoms with Crippen LogP contribution >= 0.6 is 0 Å². The molecule has 2 aliphatic carbocycles. The number of rotatable bonds is 5. The average molecular weight is 402 g/mol. The highest BCUT2D eigenvalue weighted by Crippen LogP contribution is 2.29. The van der Waals surface area contributed by atoms with Gasteiger partial charge in [0, 0.05) is 31.4 Å². The summed E-state index contributed by atoms with van der Waals surface area (Å²) in [6, 6.07) is 2.23. The predicted molar refractivity (Wildman–Crippen MR) is 112 cm³/mol. The summed E-state index contributed by atoms with van der Waals surface area (Å²) in [7, 11) is 1.60. The molecule has 1 saturated heterocycles. The minimum atomic E-state index is -0.0386. The van der Waals surface area contributed by atoms with E-state index in [2.05, 4.69) is 29.0 Å². The van der Waals surface area contributed by atoms with Gasteiger partial charge < -0.3 is 14.8 Å². The molecule has 0 unspecified atom stereocenters. The molecule has 3 aliphatic rings. The lowest BCUT2D eigenvalue weighted by Crippen LogP contribution is -2.48. The van der Waals surface area contributed by atoms with Crippen LogP contribution in [0.25, 0.3) is 0 Å². The van der Waals surface area contributed by atoms with Crippen LogP contribution in [0.15, 0.2) is 6.07 Å². The third kappa shape index (κ3) is 4.92. The number of aryl methyl sites for hydroxylation is 2. The summed E-state index contributed by atoms with van der Waals surface area (Å²) in [5.74, 6) is 1.06. The lowest BCUT2D eigenvalue weighted by Gasteiger charge is -2.39. The second-order valence-corrected chi connectivity index (χ2v) is 9.18. The number of carbonyl (C=O) groups is 1. The summed E-state index contributed by atoms with van der Waals surface area (Å²) >= 11 is 0. The number of aromatic nitrogens is 1. The van der Waals surface area contributed by atoms with Crippen molar-refractivity contribution in [2.45, 2.75) is 77.0 Å². The zero-order valence-corrected chi connectivity index (χ0v) is 18.1. The average Bonchev–Trinajstić information content (AvgIpc) is 3.13. The number of carbonyl (C=O) groups excluding carboxylic acids is 1. The van der Waals surface area contributed by atoms with E-state index in [0.29, 0.717) is 29.6 Å². The fraction of sp³-hybridized carbons (Fsp3) is 0.739. The van der Waals surface area contributed by atoms with Gasteiger partial charge in [-0.25, -0.2) is 4.98 Å². The first kappa shape index (κ1) is 20.6. The number of pyridine rings is 1. The first-order valence-electron chi connectivity index (χ1n) is 11.3. The number of nitrogens with one attached hydrogen (secondary N) is 1. The van der Waals surface area contributed by atoms with E-state index in [1.807, 2.05) is 6.07 Å². The van der Waals surface area contributed by atoms with E-state index in [0.717, 1.165) is 57.4 Å². The highest BCUT2D eigenvalue weighted by atomic mass is 16.5. The number of amides is 1. The van der Waals surface area contributed by atoms with Gasteiger partial charge in [0.05, 0.1) is 19.3 Å². The minimum absolute atomic E-state index is 0.0386. The minimum Gasteiger partial charge on any atom is -0.480 e. The molecular formula is C23H35N3O3. The monoisotopic (exact) mass is 401 g/mol. The van der Waals surface area contributed by atoms with Crippen LogP contribution in [0.3, 0.4) is 0 Å². The second-order valence-electron chi connectivity index (χ2n) is 9.18. The molecule has 4 rings (SSSR count). The molecule has 1 aromatic rings. The summed E-state index contributed by atoms with van der Waals surface area (Å²) < 4.78 is 11.3. The van der Waals surface area contributed by atoms with Gasteiger partial charge >= 0.3 is 0 Å². The molecule has 1 aromatic heterocycles. The van der Waals surface area contributed by atoms with Crippen molar-refractivity contribution in [2.24, 2.45) is 5.92 Å². The Morgan fingerprint density at radius 1 is 1.24 bits per heavy atom. The smallest absolute Gasteiger partial charge is 0.256 e. The summed E-state index contributed by atoms with van der Waals surface area (Å²) in [5.41, 5.74) is 2.88. The molecule has 1 amide bonds. The predicted octanol–water partition coefficient (Wildman–Crippen LogP) is 2.98. The van der Waals surface area contributed by atoms with Crippen molar-refractivity contribution in [3.8, 4) is 5.88 Å². The maximum atomic E-state index is 13.0. The van der Waals surface area contributed by atoms with E-state index in [9.17, 15) is 4.79 Å². The largest absolute Gasteiger partial charge is 0.480 e. The third-order valence-corrected chi connectivity index (χ3v) is 6.58. The summed E-state index contributed by atoms with van der Waals surface area (Å²) in [5, 5.41) is 3.28. The fourth-order valence-corrected chi connectivity index (χ4v) is 5.42. The zero-order valence-electron chi connectivity index (χ0n) is 18.1. The number of hydrogen-bond donors (Lipinski definition) is 1. The Kier molecular flexibility index (Phi) is 6.40. The lowest BCUT2D eigenvalue weighted by molar-refractivity contribution is -0.0727. The molecule has 1 saturated carbocycles. The number of ether oxygens (including phenoxy) is 2. The molecule has 2 fully saturated rings. The standard InChI is InChI=1S/C23H35N3O3/c1-15-12-26(13-16(2)29-15)14-17-6-4-8-19(10-17)24-22(27)20-11-18-7-5-9-21(18)25-23(20)28-3/h11,15-17,19H,4-10,12-14H2,1-3H3,(H,24,27)/t15-,16+,17-,19+/m1/s1. The quantitative estimate of drug-likeness (QED) is 0.822. The van der Waals surface area contributed by atoms with Crippen molar-refractivity contribution in [1.29, 1.82) is 0 Å². The van der Waals surface area contributed by atoms with Gasteiger partial charge in [-0.1, -0.05) is 6.42 Å². The van der Waals surface area contributed by atoms with E-state index in [1.165, 1.54) is 18.4 Å². The van der Waals surface area contributed by atoms with Crippen molar-refractivity contribution < 1.29 is 14.3 Å². The normalized spacial score (nSPS) is 30.0. The fourth-order valence-electron chi connectivity index (χ4n) is 5.42. The number of hydrogen-bond acceptors (Lipinski definition) is 5. The number of fused-ring (bicyclic) bond motifs is 1. The van der Waals surface area contributed by atoms with E-state index in [4.69, 9.17) is 9.47 Å². The number of morpholine rings is 1. The van der Waals surface area contributed by atoms with Gasteiger partial charge in [0.15, 0.2) is 0 Å². The molecule has 2 heterocycles. The van der Waals surface area contributed by atoms with E-state index >= 15 is 0 Å². The van der Waals surface area contributed by atoms with Crippen LogP contribution in [0.4, 0.5) is 0 Å². The Labute approximate surface area is 174 Å². The molecular weight excluding hydrogens is 366 g/mol. The SMILES string of the molecule is COc1nc2c(cc1C(=O)N[C@H]1CCC[C@@H](CN3C[C@@H](C)O[C@@H](C)C3)C1)CCC2. The van der Waals surface area contributed by atoms with Gasteiger partial charge in [-0.3, -0.25) is 9.69 Å². The van der Waals surface area contributed by atoms with Crippen molar-refractivity contribution in [3.05, 3.63) is 22.9 Å². The number of methoxy groups -OCH3 is 1. The van der Waals surface area contributed by atoms with Crippen LogP contribution in [-0.2, 0) is 17.6 Å². The lowest BCUT2D eigenvalue weighted by atomic mass is 9.85. The molecule has 1 aliphatic heterocycles. The van der Waals surface area contributed by atoms with Crippen LogP contribution < -0.4 is 10.1 Å². The maximum Gasteiger partial charge on any atom is 0.256 e. The van der Waals surface area contributed by atoms with Crippen LogP contribution in [0.2, 0.25) is 0 Å². The highest BCUT2D eigenvalue weighted by Gasteiger charge is 2.29. The molecule has 0 bridgehead atoms. The van der Waals surface area contributed by atoms with Gasteiger partial charge in [0.1, 0.15) is 5.56 Å². The Hall–Kier alpha value is -1.66. The van der Waals surface area contributed by atoms with Crippen LogP contribution in [0.1, 0.15) is 67.6 Å². The highest BCUT2D eigenvalue weighted by molar-refractivity contribution is 5.96. The van der Waals surface area contributed by atoms with Crippen LogP contribution in [0, 0.1) is 5.92 Å². The molecule has 0 spiro atoms. The second kappa shape index (κ2) is 9.00. The summed E-state index contributed by atoms with van der Waals surface area (Å²) in [4.78, 5) is 20.2. The van der Waals surface area contributed by atoms with Gasteiger partial charge in [0.2, 0.25) is 5.88 Å². The van der Waals surface area contributed by atoms with Crippen molar-refractivity contribution in [1.82, 2.24) is 15.2 Å². The molecule has 29 heavy (non-hydrogen) atoms. The Morgan fingerprint density at radius 2 is 2.03 bits per heavy atom. The Bertz CT molecular complexity index is 728. The van der Waals surface area contributed by atoms with Crippen molar-refractivity contribution in [3.63, 3.8) is 0 Å². The van der Waals surface area contributed by atoms with E-state index < -0.39 is 0 Å². The Balaban J connectivity index is 1.36. The molecule has 160 valence electrons. The Morgan fingerprint density at radius 3 is 2.79 bits per heavy atom. The van der Waals surface area contributed by atoms with Crippen molar-refractivity contribution >= 4 is 5.91 Å². The summed E-state index contributed by atoms with van der Waals surface area (Å²) in [6.45, 7) is 7.44. The van der Waals surface area contributed by atoms with E-state index in [1.54, 1.807) is 7.11 Å². The molecule has 6 nitrogen and oxygen atoms in total.